The lowest BCUT2D eigenvalue weighted by Crippen LogP contribution is -2.29. The second kappa shape index (κ2) is 3.86. The van der Waals surface area contributed by atoms with Crippen molar-refractivity contribution in [1.82, 2.24) is 4.31 Å². The van der Waals surface area contributed by atoms with E-state index in [4.69, 9.17) is 0 Å². The summed E-state index contributed by atoms with van der Waals surface area (Å²) in [5.41, 5.74) is 1.91. The molecule has 1 fully saturated rings. The fourth-order valence-corrected chi connectivity index (χ4v) is 3.50. The van der Waals surface area contributed by atoms with Crippen LogP contribution in [0.15, 0.2) is 23.1 Å². The Hall–Kier alpha value is -0.870. The Bertz CT molecular complexity index is 504. The van der Waals surface area contributed by atoms with E-state index in [9.17, 15) is 8.42 Å². The zero-order chi connectivity index (χ0) is 11.9. The monoisotopic (exact) mass is 239 g/mol. The van der Waals surface area contributed by atoms with Gasteiger partial charge in [-0.25, -0.2) is 8.42 Å². The predicted molar refractivity (Wildman–Crippen MR) is 63.9 cm³/mol. The number of rotatable bonds is 3. The van der Waals surface area contributed by atoms with E-state index in [0.29, 0.717) is 4.90 Å². The first-order chi connectivity index (χ1) is 7.43. The Kier molecular flexibility index (Phi) is 2.80. The van der Waals surface area contributed by atoms with Crippen LogP contribution in [0.1, 0.15) is 24.0 Å². The van der Waals surface area contributed by atoms with E-state index < -0.39 is 10.0 Å². The molecule has 0 N–H and O–H groups in total. The van der Waals surface area contributed by atoms with Gasteiger partial charge >= 0.3 is 0 Å². The Morgan fingerprint density at radius 3 is 2.38 bits per heavy atom. The van der Waals surface area contributed by atoms with Crippen LogP contribution in [-0.4, -0.2) is 25.8 Å². The van der Waals surface area contributed by atoms with E-state index >= 15 is 0 Å². The van der Waals surface area contributed by atoms with E-state index in [1.807, 2.05) is 26.0 Å². The Labute approximate surface area is 97.1 Å². The Morgan fingerprint density at radius 2 is 1.88 bits per heavy atom. The SMILES string of the molecule is Cc1ccc(S(=O)(=O)N(C)C2CC2)c(C)c1. The smallest absolute Gasteiger partial charge is 0.207 e. The predicted octanol–water partition coefficient (Wildman–Crippen LogP) is 2.09. The van der Waals surface area contributed by atoms with Crippen LogP contribution in [0.2, 0.25) is 0 Å². The van der Waals surface area contributed by atoms with Crippen molar-refractivity contribution in [3.63, 3.8) is 0 Å². The van der Waals surface area contributed by atoms with Gasteiger partial charge in [0.1, 0.15) is 0 Å². The van der Waals surface area contributed by atoms with Gasteiger partial charge in [0.05, 0.1) is 4.90 Å². The molecule has 0 atom stereocenters. The summed E-state index contributed by atoms with van der Waals surface area (Å²) in [6.07, 6.45) is 1.97. The molecule has 0 heterocycles. The van der Waals surface area contributed by atoms with Gasteiger partial charge in [0.2, 0.25) is 10.0 Å². The van der Waals surface area contributed by atoms with E-state index in [1.54, 1.807) is 13.1 Å². The molecule has 1 saturated carbocycles. The Morgan fingerprint density at radius 1 is 1.25 bits per heavy atom. The van der Waals surface area contributed by atoms with Crippen LogP contribution >= 0.6 is 0 Å². The molecule has 0 aliphatic heterocycles. The average molecular weight is 239 g/mol. The van der Waals surface area contributed by atoms with E-state index in [-0.39, 0.29) is 6.04 Å². The summed E-state index contributed by atoms with van der Waals surface area (Å²) in [5, 5.41) is 0. The minimum absolute atomic E-state index is 0.214. The molecular formula is C12H17NO2S. The van der Waals surface area contributed by atoms with Gasteiger partial charge in [-0.2, -0.15) is 4.31 Å². The first-order valence-electron chi connectivity index (χ1n) is 5.48. The summed E-state index contributed by atoms with van der Waals surface area (Å²) >= 11 is 0. The third-order valence-electron chi connectivity index (χ3n) is 3.05. The molecule has 1 aromatic carbocycles. The maximum atomic E-state index is 12.3. The third kappa shape index (κ3) is 1.99. The van der Waals surface area contributed by atoms with Crippen LogP contribution in [0.5, 0.6) is 0 Å². The van der Waals surface area contributed by atoms with Crippen molar-refractivity contribution >= 4 is 10.0 Å². The fourth-order valence-electron chi connectivity index (χ4n) is 1.88. The van der Waals surface area contributed by atoms with Crippen molar-refractivity contribution < 1.29 is 8.42 Å². The highest BCUT2D eigenvalue weighted by atomic mass is 32.2. The van der Waals surface area contributed by atoms with Crippen LogP contribution in [-0.2, 0) is 10.0 Å². The van der Waals surface area contributed by atoms with Crippen molar-refractivity contribution in [3.05, 3.63) is 29.3 Å². The van der Waals surface area contributed by atoms with Crippen molar-refractivity contribution in [2.45, 2.75) is 37.6 Å². The van der Waals surface area contributed by atoms with Crippen LogP contribution in [0.3, 0.4) is 0 Å². The highest BCUT2D eigenvalue weighted by Gasteiger charge is 2.35. The number of hydrogen-bond acceptors (Lipinski definition) is 2. The summed E-state index contributed by atoms with van der Waals surface area (Å²) in [5.74, 6) is 0. The summed E-state index contributed by atoms with van der Waals surface area (Å²) in [6, 6.07) is 5.68. The van der Waals surface area contributed by atoms with Crippen LogP contribution in [0.25, 0.3) is 0 Å². The molecule has 4 heteroatoms. The topological polar surface area (TPSA) is 37.4 Å². The fraction of sp³-hybridized carbons (Fsp3) is 0.500. The van der Waals surface area contributed by atoms with Gasteiger partial charge in [0.25, 0.3) is 0 Å². The lowest BCUT2D eigenvalue weighted by atomic mass is 10.2. The minimum Gasteiger partial charge on any atom is -0.207 e. The third-order valence-corrected chi connectivity index (χ3v) is 5.12. The van der Waals surface area contributed by atoms with Crippen LogP contribution in [0, 0.1) is 13.8 Å². The first kappa shape index (κ1) is 11.6. The number of sulfonamides is 1. The molecule has 0 unspecified atom stereocenters. The molecule has 1 aliphatic carbocycles. The highest BCUT2D eigenvalue weighted by molar-refractivity contribution is 7.89. The maximum Gasteiger partial charge on any atom is 0.243 e. The molecule has 0 aromatic heterocycles. The van der Waals surface area contributed by atoms with Crippen LogP contribution in [0.4, 0.5) is 0 Å². The lowest BCUT2D eigenvalue weighted by Gasteiger charge is -2.18. The highest BCUT2D eigenvalue weighted by Crippen LogP contribution is 2.31. The standard InChI is InChI=1S/C12H17NO2S/c1-9-4-7-12(10(2)8-9)16(14,15)13(3)11-5-6-11/h4,7-8,11H,5-6H2,1-3H3. The van der Waals surface area contributed by atoms with E-state index in [0.717, 1.165) is 24.0 Å². The van der Waals surface area contributed by atoms with Crippen molar-refractivity contribution in [2.75, 3.05) is 7.05 Å². The lowest BCUT2D eigenvalue weighted by molar-refractivity contribution is 0.464. The number of aryl methyl sites for hydroxylation is 2. The molecule has 0 radical (unpaired) electrons. The molecule has 16 heavy (non-hydrogen) atoms. The minimum atomic E-state index is -3.29. The van der Waals surface area contributed by atoms with Gasteiger partial charge < -0.3 is 0 Å². The summed E-state index contributed by atoms with van der Waals surface area (Å²) in [7, 11) is -1.62. The normalized spacial score (nSPS) is 16.8. The van der Waals surface area contributed by atoms with Gasteiger partial charge in [0, 0.05) is 13.1 Å². The molecule has 1 aliphatic rings. The van der Waals surface area contributed by atoms with E-state index in [1.165, 1.54) is 4.31 Å². The van der Waals surface area contributed by atoms with Gasteiger partial charge in [-0.1, -0.05) is 17.7 Å². The second-order valence-electron chi connectivity index (χ2n) is 4.52. The van der Waals surface area contributed by atoms with E-state index in [2.05, 4.69) is 0 Å². The molecule has 3 nitrogen and oxygen atoms in total. The average Bonchev–Trinajstić information content (AvgIpc) is 2.98. The van der Waals surface area contributed by atoms with Crippen molar-refractivity contribution in [1.29, 1.82) is 0 Å². The van der Waals surface area contributed by atoms with Gasteiger partial charge in [-0.15, -0.1) is 0 Å². The number of nitrogens with zero attached hydrogens (tertiary/aromatic N) is 1. The molecular weight excluding hydrogens is 222 g/mol. The van der Waals surface area contributed by atoms with Gasteiger partial charge in [-0.05, 0) is 38.3 Å². The molecule has 0 saturated heterocycles. The molecule has 0 spiro atoms. The van der Waals surface area contributed by atoms with Crippen molar-refractivity contribution in [3.8, 4) is 0 Å². The Balaban J connectivity index is 2.42. The molecule has 1 aromatic rings. The molecule has 0 bridgehead atoms. The van der Waals surface area contributed by atoms with Crippen LogP contribution < -0.4 is 0 Å². The van der Waals surface area contributed by atoms with Gasteiger partial charge in [-0.3, -0.25) is 0 Å². The number of benzene rings is 1. The maximum absolute atomic E-state index is 12.3. The summed E-state index contributed by atoms with van der Waals surface area (Å²) in [6.45, 7) is 3.81. The zero-order valence-electron chi connectivity index (χ0n) is 9.90. The quantitative estimate of drug-likeness (QED) is 0.810. The molecule has 0 amide bonds. The first-order valence-corrected chi connectivity index (χ1v) is 6.92. The largest absolute Gasteiger partial charge is 0.243 e. The summed E-state index contributed by atoms with van der Waals surface area (Å²) in [4.78, 5) is 0.438. The number of hydrogen-bond donors (Lipinski definition) is 0. The second-order valence-corrected chi connectivity index (χ2v) is 6.49. The van der Waals surface area contributed by atoms with Crippen molar-refractivity contribution in [2.24, 2.45) is 0 Å². The summed E-state index contributed by atoms with van der Waals surface area (Å²) < 4.78 is 26.0. The zero-order valence-corrected chi connectivity index (χ0v) is 10.7. The molecule has 2 rings (SSSR count). The van der Waals surface area contributed by atoms with Gasteiger partial charge in [0.15, 0.2) is 0 Å². The molecule has 88 valence electrons.